The van der Waals surface area contributed by atoms with E-state index in [4.69, 9.17) is 4.42 Å². The molecule has 0 spiro atoms. The van der Waals surface area contributed by atoms with Crippen molar-refractivity contribution in [3.8, 4) is 11.6 Å². The summed E-state index contributed by atoms with van der Waals surface area (Å²) in [6.45, 7) is 2.66. The fourth-order valence-corrected chi connectivity index (χ4v) is 3.62. The van der Waals surface area contributed by atoms with Gasteiger partial charge in [-0.05, 0) is 56.2 Å². The number of anilines is 2. The van der Waals surface area contributed by atoms with Gasteiger partial charge in [0.25, 0.3) is 0 Å². The van der Waals surface area contributed by atoms with Gasteiger partial charge in [-0.2, -0.15) is 0 Å². The van der Waals surface area contributed by atoms with Crippen molar-refractivity contribution in [2.45, 2.75) is 31.5 Å². The van der Waals surface area contributed by atoms with E-state index in [1.165, 1.54) is 11.8 Å². The first kappa shape index (κ1) is 19.3. The maximum atomic E-state index is 12.3. The number of carbonyl (C=O) groups excluding carboxylic acids is 2. The van der Waals surface area contributed by atoms with Gasteiger partial charge >= 0.3 is 0 Å². The van der Waals surface area contributed by atoms with Crippen LogP contribution in [0, 0.1) is 5.92 Å². The van der Waals surface area contributed by atoms with Gasteiger partial charge in [-0.1, -0.05) is 11.8 Å². The van der Waals surface area contributed by atoms with Gasteiger partial charge in [-0.15, -0.1) is 10.2 Å². The van der Waals surface area contributed by atoms with Crippen molar-refractivity contribution >= 4 is 35.0 Å². The molecule has 0 bridgehead atoms. The summed E-state index contributed by atoms with van der Waals surface area (Å²) in [4.78, 5) is 24.1. The standard InChI is InChI=1S/C20H21N5O3S/c1-2-25-18(16-4-3-11-28-16)23-24-20(25)29-12-17(26)21-14-7-9-15(10-8-14)22-19(27)13-5-6-13/h3-4,7-11,13H,2,5-6,12H2,1H3,(H,21,26)(H,22,27). The number of amides is 2. The average molecular weight is 411 g/mol. The Hall–Kier alpha value is -3.07. The van der Waals surface area contributed by atoms with Crippen molar-refractivity contribution in [2.24, 2.45) is 5.92 Å². The molecule has 1 aromatic carbocycles. The second kappa shape index (κ2) is 8.52. The molecule has 4 rings (SSSR count). The molecule has 2 aromatic heterocycles. The highest BCUT2D eigenvalue weighted by molar-refractivity contribution is 7.99. The minimum atomic E-state index is -0.144. The minimum absolute atomic E-state index is 0.0622. The Bertz CT molecular complexity index is 994. The van der Waals surface area contributed by atoms with Crippen molar-refractivity contribution in [2.75, 3.05) is 16.4 Å². The van der Waals surface area contributed by atoms with Crippen LogP contribution in [0.25, 0.3) is 11.6 Å². The van der Waals surface area contributed by atoms with Crippen LogP contribution in [0.4, 0.5) is 11.4 Å². The first-order valence-electron chi connectivity index (χ1n) is 9.44. The number of hydrogen-bond acceptors (Lipinski definition) is 6. The Morgan fingerprint density at radius 3 is 2.48 bits per heavy atom. The number of hydrogen-bond donors (Lipinski definition) is 2. The topological polar surface area (TPSA) is 102 Å². The molecule has 1 fully saturated rings. The van der Waals surface area contributed by atoms with Gasteiger partial charge in [0.15, 0.2) is 16.7 Å². The van der Waals surface area contributed by atoms with Crippen LogP contribution < -0.4 is 10.6 Å². The van der Waals surface area contributed by atoms with Crippen LogP contribution in [0.2, 0.25) is 0 Å². The van der Waals surface area contributed by atoms with Crippen LogP contribution in [0.5, 0.6) is 0 Å². The Kier molecular flexibility index (Phi) is 5.66. The molecule has 9 heteroatoms. The van der Waals surface area contributed by atoms with E-state index in [0.29, 0.717) is 29.0 Å². The van der Waals surface area contributed by atoms with E-state index in [1.807, 2.05) is 17.6 Å². The number of aromatic nitrogens is 3. The predicted molar refractivity (Wildman–Crippen MR) is 111 cm³/mol. The summed E-state index contributed by atoms with van der Waals surface area (Å²) in [6.07, 6.45) is 3.52. The predicted octanol–water partition coefficient (Wildman–Crippen LogP) is 3.64. The van der Waals surface area contributed by atoms with Gasteiger partial charge in [0.1, 0.15) is 0 Å². The molecule has 0 atom stereocenters. The average Bonchev–Trinajstić information content (AvgIpc) is 3.28. The number of benzene rings is 1. The lowest BCUT2D eigenvalue weighted by Crippen LogP contribution is -2.15. The first-order chi connectivity index (χ1) is 14.1. The van der Waals surface area contributed by atoms with Gasteiger partial charge in [0, 0.05) is 23.8 Å². The monoisotopic (exact) mass is 411 g/mol. The number of rotatable bonds is 8. The summed E-state index contributed by atoms with van der Waals surface area (Å²) in [5, 5.41) is 14.7. The third-order valence-electron chi connectivity index (χ3n) is 4.49. The molecular formula is C20H21N5O3S. The van der Waals surface area contributed by atoms with Crippen molar-refractivity contribution < 1.29 is 14.0 Å². The van der Waals surface area contributed by atoms with E-state index in [0.717, 1.165) is 18.5 Å². The molecule has 0 unspecified atom stereocenters. The fourth-order valence-electron chi connectivity index (χ4n) is 2.82. The van der Waals surface area contributed by atoms with Crippen molar-refractivity contribution in [1.29, 1.82) is 0 Å². The molecule has 0 radical (unpaired) electrons. The number of thioether (sulfide) groups is 1. The number of nitrogens with zero attached hydrogens (tertiary/aromatic N) is 3. The van der Waals surface area contributed by atoms with E-state index < -0.39 is 0 Å². The number of furan rings is 1. The number of carbonyl (C=O) groups is 2. The van der Waals surface area contributed by atoms with E-state index in [2.05, 4.69) is 20.8 Å². The molecule has 2 N–H and O–H groups in total. The zero-order valence-corrected chi connectivity index (χ0v) is 16.7. The van der Waals surface area contributed by atoms with Crippen LogP contribution in [0.3, 0.4) is 0 Å². The van der Waals surface area contributed by atoms with Crippen LogP contribution in [0.1, 0.15) is 19.8 Å². The summed E-state index contributed by atoms with van der Waals surface area (Å²) in [5.74, 6) is 1.57. The molecule has 1 aliphatic rings. The van der Waals surface area contributed by atoms with Crippen molar-refractivity contribution in [3.05, 3.63) is 42.7 Å². The molecule has 8 nitrogen and oxygen atoms in total. The van der Waals surface area contributed by atoms with E-state index in [-0.39, 0.29) is 23.5 Å². The lowest BCUT2D eigenvalue weighted by molar-refractivity contribution is -0.117. The summed E-state index contributed by atoms with van der Waals surface area (Å²) < 4.78 is 7.30. The fraction of sp³-hybridized carbons (Fsp3) is 0.300. The molecule has 1 saturated carbocycles. The molecule has 29 heavy (non-hydrogen) atoms. The Morgan fingerprint density at radius 1 is 1.14 bits per heavy atom. The summed E-state index contributed by atoms with van der Waals surface area (Å²) >= 11 is 1.32. The Morgan fingerprint density at radius 2 is 1.86 bits per heavy atom. The highest BCUT2D eigenvalue weighted by Crippen LogP contribution is 2.30. The van der Waals surface area contributed by atoms with Crippen LogP contribution in [-0.2, 0) is 16.1 Å². The van der Waals surface area contributed by atoms with Gasteiger partial charge in [-0.3, -0.25) is 14.2 Å². The third-order valence-corrected chi connectivity index (χ3v) is 5.46. The van der Waals surface area contributed by atoms with Gasteiger partial charge < -0.3 is 15.1 Å². The maximum Gasteiger partial charge on any atom is 0.234 e. The summed E-state index contributed by atoms with van der Waals surface area (Å²) in [7, 11) is 0. The molecule has 3 aromatic rings. The lowest BCUT2D eigenvalue weighted by Gasteiger charge is -2.08. The highest BCUT2D eigenvalue weighted by Gasteiger charge is 2.29. The number of nitrogens with one attached hydrogen (secondary N) is 2. The van der Waals surface area contributed by atoms with Crippen LogP contribution in [0.15, 0.2) is 52.2 Å². The van der Waals surface area contributed by atoms with Crippen molar-refractivity contribution in [3.63, 3.8) is 0 Å². The molecule has 0 aliphatic heterocycles. The second-order valence-corrected chi connectivity index (χ2v) is 7.65. The largest absolute Gasteiger partial charge is 0.461 e. The zero-order chi connectivity index (χ0) is 20.2. The molecule has 2 amide bonds. The SMILES string of the molecule is CCn1c(SCC(=O)Nc2ccc(NC(=O)C3CC3)cc2)nnc1-c1ccco1. The van der Waals surface area contributed by atoms with E-state index >= 15 is 0 Å². The van der Waals surface area contributed by atoms with E-state index in [1.54, 1.807) is 36.6 Å². The van der Waals surface area contributed by atoms with Crippen LogP contribution >= 0.6 is 11.8 Å². The Labute approximate surface area is 172 Å². The summed E-state index contributed by atoms with van der Waals surface area (Å²) in [5.41, 5.74) is 1.41. The van der Waals surface area contributed by atoms with Crippen LogP contribution in [-0.4, -0.2) is 32.3 Å². The Balaban J connectivity index is 1.31. The van der Waals surface area contributed by atoms with Gasteiger partial charge in [0.2, 0.25) is 11.8 Å². The minimum Gasteiger partial charge on any atom is -0.461 e. The first-order valence-corrected chi connectivity index (χ1v) is 10.4. The molecule has 0 saturated heterocycles. The third kappa shape index (κ3) is 4.68. The highest BCUT2D eigenvalue weighted by atomic mass is 32.2. The normalized spacial score (nSPS) is 13.3. The summed E-state index contributed by atoms with van der Waals surface area (Å²) in [6, 6.07) is 10.7. The van der Waals surface area contributed by atoms with Gasteiger partial charge in [-0.25, -0.2) is 0 Å². The van der Waals surface area contributed by atoms with E-state index in [9.17, 15) is 9.59 Å². The maximum absolute atomic E-state index is 12.3. The lowest BCUT2D eigenvalue weighted by atomic mass is 10.2. The second-order valence-electron chi connectivity index (χ2n) is 6.71. The smallest absolute Gasteiger partial charge is 0.234 e. The molecule has 1 aliphatic carbocycles. The quantitative estimate of drug-likeness (QED) is 0.549. The van der Waals surface area contributed by atoms with Crippen molar-refractivity contribution in [1.82, 2.24) is 14.8 Å². The molecule has 2 heterocycles. The molecular weight excluding hydrogens is 390 g/mol. The molecule has 150 valence electrons. The zero-order valence-electron chi connectivity index (χ0n) is 15.9. The van der Waals surface area contributed by atoms with Gasteiger partial charge in [0.05, 0.1) is 12.0 Å².